The Kier molecular flexibility index (Phi) is 1.69. The lowest BCUT2D eigenvalue weighted by Crippen LogP contribution is -1.90. The number of anilines is 1. The third kappa shape index (κ3) is 1.35. The monoisotopic (exact) mass is 172 g/mol. The molecule has 0 unspecified atom stereocenters. The molecule has 0 spiro atoms. The van der Waals surface area contributed by atoms with Crippen molar-refractivity contribution in [2.45, 2.75) is 13.8 Å². The van der Waals surface area contributed by atoms with Crippen LogP contribution in [0.15, 0.2) is 24.4 Å². The Bertz CT molecular complexity index is 456. The van der Waals surface area contributed by atoms with E-state index >= 15 is 0 Å². The summed E-state index contributed by atoms with van der Waals surface area (Å²) in [4.78, 5) is 4.08. The molecule has 0 atom stereocenters. The molecule has 2 nitrogen and oxygen atoms in total. The van der Waals surface area contributed by atoms with Crippen molar-refractivity contribution in [3.8, 4) is 0 Å². The Morgan fingerprint density at radius 2 is 1.92 bits per heavy atom. The van der Waals surface area contributed by atoms with Crippen LogP contribution in [0, 0.1) is 13.8 Å². The smallest absolute Gasteiger partial charge is 0.123 e. The zero-order valence-electron chi connectivity index (χ0n) is 7.83. The van der Waals surface area contributed by atoms with E-state index < -0.39 is 0 Å². The number of nitrogens with two attached hydrogens (primary N) is 1. The summed E-state index contributed by atoms with van der Waals surface area (Å²) in [5, 5.41) is 2.35. The van der Waals surface area contributed by atoms with E-state index in [-0.39, 0.29) is 0 Å². The summed E-state index contributed by atoms with van der Waals surface area (Å²) >= 11 is 0. The van der Waals surface area contributed by atoms with Gasteiger partial charge in [0.25, 0.3) is 0 Å². The van der Waals surface area contributed by atoms with Crippen molar-refractivity contribution in [3.63, 3.8) is 0 Å². The number of pyridine rings is 1. The van der Waals surface area contributed by atoms with Crippen LogP contribution in [0.1, 0.15) is 11.1 Å². The molecule has 0 radical (unpaired) electrons. The average Bonchev–Trinajstić information content (AvgIpc) is 2.02. The third-order valence-corrected chi connectivity index (χ3v) is 2.21. The molecule has 0 aliphatic rings. The molecule has 2 N–H and O–H groups in total. The van der Waals surface area contributed by atoms with Crippen molar-refractivity contribution in [2.24, 2.45) is 0 Å². The number of rotatable bonds is 0. The van der Waals surface area contributed by atoms with E-state index in [1.807, 2.05) is 12.3 Å². The summed E-state index contributed by atoms with van der Waals surface area (Å²) in [5.41, 5.74) is 8.13. The highest BCUT2D eigenvalue weighted by Gasteiger charge is 1.99. The molecule has 2 aromatic rings. The second-order valence-electron chi connectivity index (χ2n) is 3.41. The fraction of sp³-hybridized carbons (Fsp3) is 0.182. The molecule has 0 aliphatic heterocycles. The second-order valence-corrected chi connectivity index (χ2v) is 3.41. The van der Waals surface area contributed by atoms with Crippen LogP contribution >= 0.6 is 0 Å². The Balaban J connectivity index is 2.86. The first-order chi connectivity index (χ1) is 6.16. The number of hydrogen-bond acceptors (Lipinski definition) is 2. The van der Waals surface area contributed by atoms with E-state index in [0.29, 0.717) is 5.82 Å². The van der Waals surface area contributed by atoms with Crippen molar-refractivity contribution >= 4 is 16.6 Å². The molecular formula is C11H12N2. The summed E-state index contributed by atoms with van der Waals surface area (Å²) in [6.45, 7) is 4.18. The first-order valence-corrected chi connectivity index (χ1v) is 4.29. The van der Waals surface area contributed by atoms with Crippen LogP contribution in [0.5, 0.6) is 0 Å². The topological polar surface area (TPSA) is 38.9 Å². The molecule has 1 aromatic carbocycles. The van der Waals surface area contributed by atoms with Gasteiger partial charge in [-0.25, -0.2) is 4.98 Å². The van der Waals surface area contributed by atoms with E-state index in [0.717, 1.165) is 0 Å². The molecule has 1 aromatic heterocycles. The molecule has 0 saturated carbocycles. The number of benzene rings is 1. The molecule has 0 bridgehead atoms. The molecule has 0 aliphatic carbocycles. The maximum absolute atomic E-state index is 5.61. The van der Waals surface area contributed by atoms with Crippen LogP contribution in [0.25, 0.3) is 10.8 Å². The van der Waals surface area contributed by atoms with Gasteiger partial charge in [-0.1, -0.05) is 17.7 Å². The minimum atomic E-state index is 0.581. The predicted octanol–water partition coefficient (Wildman–Crippen LogP) is 2.43. The van der Waals surface area contributed by atoms with Crippen LogP contribution in [0.2, 0.25) is 0 Å². The van der Waals surface area contributed by atoms with Gasteiger partial charge in [0.05, 0.1) is 0 Å². The molecule has 2 heteroatoms. The molecule has 2 rings (SSSR count). The molecule has 13 heavy (non-hydrogen) atoms. The quantitative estimate of drug-likeness (QED) is 0.662. The maximum atomic E-state index is 5.61. The summed E-state index contributed by atoms with van der Waals surface area (Å²) in [7, 11) is 0. The highest BCUT2D eigenvalue weighted by atomic mass is 14.8. The summed E-state index contributed by atoms with van der Waals surface area (Å²) in [6, 6.07) is 6.19. The van der Waals surface area contributed by atoms with E-state index in [1.165, 1.54) is 21.9 Å². The molecular weight excluding hydrogens is 160 g/mol. The first-order valence-electron chi connectivity index (χ1n) is 4.29. The Labute approximate surface area is 77.4 Å². The predicted molar refractivity (Wildman–Crippen MR) is 55.6 cm³/mol. The fourth-order valence-corrected chi connectivity index (χ4v) is 1.64. The number of hydrogen-bond donors (Lipinski definition) is 1. The van der Waals surface area contributed by atoms with Gasteiger partial charge in [-0.05, 0) is 30.9 Å². The van der Waals surface area contributed by atoms with Crippen LogP contribution in [-0.4, -0.2) is 4.98 Å². The van der Waals surface area contributed by atoms with Crippen molar-refractivity contribution in [1.29, 1.82) is 0 Å². The molecule has 1 heterocycles. The van der Waals surface area contributed by atoms with Crippen molar-refractivity contribution in [2.75, 3.05) is 5.73 Å². The van der Waals surface area contributed by atoms with Gasteiger partial charge in [0.15, 0.2) is 0 Å². The van der Waals surface area contributed by atoms with Gasteiger partial charge in [-0.3, -0.25) is 0 Å². The van der Waals surface area contributed by atoms with Crippen molar-refractivity contribution < 1.29 is 0 Å². The normalized spacial score (nSPS) is 10.6. The lowest BCUT2D eigenvalue weighted by Gasteiger charge is -2.03. The van der Waals surface area contributed by atoms with Gasteiger partial charge in [-0.2, -0.15) is 0 Å². The Morgan fingerprint density at radius 3 is 2.69 bits per heavy atom. The molecule has 0 amide bonds. The largest absolute Gasteiger partial charge is 0.384 e. The van der Waals surface area contributed by atoms with Gasteiger partial charge < -0.3 is 5.73 Å². The number of aryl methyl sites for hydroxylation is 2. The summed E-state index contributed by atoms with van der Waals surface area (Å²) < 4.78 is 0. The summed E-state index contributed by atoms with van der Waals surface area (Å²) in [5.74, 6) is 0.581. The first kappa shape index (κ1) is 8.05. The molecule has 0 fully saturated rings. The molecule has 0 saturated heterocycles. The Hall–Kier alpha value is -1.57. The summed E-state index contributed by atoms with van der Waals surface area (Å²) in [6.07, 6.45) is 1.83. The highest BCUT2D eigenvalue weighted by Crippen LogP contribution is 2.20. The van der Waals surface area contributed by atoms with E-state index in [4.69, 9.17) is 5.73 Å². The SMILES string of the molecule is Cc1cc(C)c2cnc(N)cc2c1. The van der Waals surface area contributed by atoms with Gasteiger partial charge in [0, 0.05) is 11.6 Å². The van der Waals surface area contributed by atoms with Crippen molar-refractivity contribution in [1.82, 2.24) is 4.98 Å². The number of aromatic nitrogens is 1. The lowest BCUT2D eigenvalue weighted by molar-refractivity contribution is 1.34. The van der Waals surface area contributed by atoms with E-state index in [9.17, 15) is 0 Å². The van der Waals surface area contributed by atoms with Crippen LogP contribution < -0.4 is 5.73 Å². The number of nitrogen functional groups attached to an aromatic ring is 1. The minimum absolute atomic E-state index is 0.581. The highest BCUT2D eigenvalue weighted by molar-refractivity contribution is 5.87. The zero-order valence-corrected chi connectivity index (χ0v) is 7.83. The van der Waals surface area contributed by atoms with Crippen LogP contribution in [0.4, 0.5) is 5.82 Å². The van der Waals surface area contributed by atoms with Gasteiger partial charge in [-0.15, -0.1) is 0 Å². The van der Waals surface area contributed by atoms with Gasteiger partial charge in [0.1, 0.15) is 5.82 Å². The molecule has 66 valence electrons. The van der Waals surface area contributed by atoms with Crippen LogP contribution in [0.3, 0.4) is 0 Å². The lowest BCUT2D eigenvalue weighted by atomic mass is 10.0. The van der Waals surface area contributed by atoms with Crippen molar-refractivity contribution in [3.05, 3.63) is 35.5 Å². The van der Waals surface area contributed by atoms with Crippen LogP contribution in [-0.2, 0) is 0 Å². The van der Waals surface area contributed by atoms with E-state index in [1.54, 1.807) is 0 Å². The van der Waals surface area contributed by atoms with Gasteiger partial charge >= 0.3 is 0 Å². The fourth-order valence-electron chi connectivity index (χ4n) is 1.64. The second kappa shape index (κ2) is 2.73. The average molecular weight is 172 g/mol. The number of nitrogens with zero attached hydrogens (tertiary/aromatic N) is 1. The van der Waals surface area contributed by atoms with Gasteiger partial charge in [0.2, 0.25) is 0 Å². The third-order valence-electron chi connectivity index (χ3n) is 2.21. The zero-order chi connectivity index (χ0) is 9.42. The minimum Gasteiger partial charge on any atom is -0.384 e. The van der Waals surface area contributed by atoms with E-state index in [2.05, 4.69) is 31.0 Å². The Morgan fingerprint density at radius 1 is 1.15 bits per heavy atom. The standard InChI is InChI=1S/C11H12N2/c1-7-3-8(2)10-6-13-11(12)5-9(10)4-7/h3-6H,1-2H3,(H2,12,13). The maximum Gasteiger partial charge on any atom is 0.123 e. The number of fused-ring (bicyclic) bond motifs is 1.